The first kappa shape index (κ1) is 36.9. The first-order valence-corrected chi connectivity index (χ1v) is 20.9. The summed E-state index contributed by atoms with van der Waals surface area (Å²) in [6, 6.07) is 69.1. The third-order valence-electron chi connectivity index (χ3n) is 11.8. The Bertz CT molecular complexity index is 3140. The van der Waals surface area contributed by atoms with Crippen LogP contribution in [-0.4, -0.2) is 19.5 Å². The van der Waals surface area contributed by atoms with Gasteiger partial charge in [0.1, 0.15) is 0 Å². The molecule has 4 nitrogen and oxygen atoms in total. The summed E-state index contributed by atoms with van der Waals surface area (Å²) >= 11 is 0. The molecule has 0 fully saturated rings. The Morgan fingerprint density at radius 3 is 1.63 bits per heavy atom. The summed E-state index contributed by atoms with van der Waals surface area (Å²) in [4.78, 5) is 15.1. The van der Waals surface area contributed by atoms with E-state index >= 15 is 0 Å². The Hall–Kier alpha value is -7.43. The van der Waals surface area contributed by atoms with E-state index in [-0.39, 0.29) is 5.41 Å². The molecule has 0 N–H and O–H groups in total. The van der Waals surface area contributed by atoms with Crippen molar-refractivity contribution in [3.05, 3.63) is 205 Å². The van der Waals surface area contributed by atoms with Gasteiger partial charge in [-0.3, -0.25) is 0 Å². The maximum atomic E-state index is 5.06. The van der Waals surface area contributed by atoms with E-state index in [1.54, 1.807) is 0 Å². The molecule has 0 aliphatic heterocycles. The molecule has 0 saturated heterocycles. The number of nitrogens with zero attached hydrogens (tertiary/aromatic N) is 4. The molecule has 10 aromatic rings. The van der Waals surface area contributed by atoms with Crippen molar-refractivity contribution in [2.24, 2.45) is 0 Å². The predicted octanol–water partition coefficient (Wildman–Crippen LogP) is 14.6. The number of hydrogen-bond acceptors (Lipinski definition) is 3. The quantitative estimate of drug-likeness (QED) is 0.169. The van der Waals surface area contributed by atoms with Gasteiger partial charge in [0.05, 0.1) is 11.0 Å². The third-order valence-corrected chi connectivity index (χ3v) is 11.8. The molecule has 4 heteroatoms. The lowest BCUT2D eigenvalue weighted by Gasteiger charge is -2.22. The maximum absolute atomic E-state index is 5.06. The lowest BCUT2D eigenvalue weighted by atomic mass is 9.81. The van der Waals surface area contributed by atoms with E-state index in [9.17, 15) is 0 Å². The average Bonchev–Trinajstić information content (AvgIpc) is 3.78. The van der Waals surface area contributed by atoms with Crippen LogP contribution in [0.4, 0.5) is 0 Å². The summed E-state index contributed by atoms with van der Waals surface area (Å²) in [6.45, 7) is 8.69. The first-order valence-electron chi connectivity index (χ1n) is 20.9. The molecule has 0 unspecified atom stereocenters. The van der Waals surface area contributed by atoms with Crippen molar-refractivity contribution in [2.45, 2.75) is 33.1 Å². The maximum Gasteiger partial charge on any atom is 0.164 e. The molecule has 288 valence electrons. The topological polar surface area (TPSA) is 43.6 Å². The number of benzene rings is 8. The minimum absolute atomic E-state index is 0.0614. The van der Waals surface area contributed by atoms with Gasteiger partial charge in [-0.05, 0) is 69.3 Å². The lowest BCUT2D eigenvalue weighted by Crippen LogP contribution is -2.14. The fraction of sp³-hybridized carbons (Fsp3) is 0.0893. The first-order chi connectivity index (χ1) is 29.5. The van der Waals surface area contributed by atoms with Crippen LogP contribution >= 0.6 is 0 Å². The van der Waals surface area contributed by atoms with Gasteiger partial charge >= 0.3 is 0 Å². The molecule has 11 rings (SSSR count). The van der Waals surface area contributed by atoms with Gasteiger partial charge in [0.2, 0.25) is 0 Å². The second-order valence-corrected chi connectivity index (χ2v) is 15.7. The van der Waals surface area contributed by atoms with Gasteiger partial charge in [-0.25, -0.2) is 15.0 Å². The van der Waals surface area contributed by atoms with Crippen LogP contribution in [-0.2, 0) is 5.41 Å². The second-order valence-electron chi connectivity index (χ2n) is 15.7. The highest BCUT2D eigenvalue weighted by Gasteiger charge is 2.35. The van der Waals surface area contributed by atoms with E-state index in [4.69, 9.17) is 15.0 Å². The van der Waals surface area contributed by atoms with Crippen LogP contribution in [0, 0.1) is 0 Å². The van der Waals surface area contributed by atoms with Crippen molar-refractivity contribution in [3.8, 4) is 73.2 Å². The van der Waals surface area contributed by atoms with E-state index in [0.29, 0.717) is 17.5 Å². The highest BCUT2D eigenvalue weighted by molar-refractivity contribution is 6.14. The molecule has 2 heterocycles. The average molecular weight is 773 g/mol. The van der Waals surface area contributed by atoms with E-state index in [1.807, 2.05) is 74.5 Å². The Labute approximate surface area is 351 Å². The molecule has 0 saturated carbocycles. The molecule has 0 spiro atoms. The normalized spacial score (nSPS) is 12.5. The van der Waals surface area contributed by atoms with E-state index < -0.39 is 0 Å². The molecule has 0 radical (unpaired) electrons. The summed E-state index contributed by atoms with van der Waals surface area (Å²) in [7, 11) is 0. The molecule has 0 amide bonds. The molecule has 0 bridgehead atoms. The van der Waals surface area contributed by atoms with Crippen molar-refractivity contribution in [3.63, 3.8) is 0 Å². The molecule has 1 aliphatic rings. The van der Waals surface area contributed by atoms with Crippen molar-refractivity contribution >= 4 is 21.8 Å². The van der Waals surface area contributed by atoms with Gasteiger partial charge < -0.3 is 4.57 Å². The molecular formula is C56H44N4. The number of fused-ring (bicyclic) bond motifs is 6. The highest BCUT2D eigenvalue weighted by Crippen LogP contribution is 2.50. The third kappa shape index (κ3) is 6.20. The Morgan fingerprint density at radius 1 is 0.367 bits per heavy atom. The number of para-hydroxylation sites is 2. The number of aromatic nitrogens is 4. The minimum Gasteiger partial charge on any atom is -0.309 e. The van der Waals surface area contributed by atoms with Crippen LogP contribution < -0.4 is 0 Å². The second kappa shape index (κ2) is 15.1. The lowest BCUT2D eigenvalue weighted by molar-refractivity contribution is 0.660. The summed E-state index contributed by atoms with van der Waals surface area (Å²) < 4.78 is 2.41. The molecule has 60 heavy (non-hydrogen) atoms. The van der Waals surface area contributed by atoms with Crippen molar-refractivity contribution in [2.75, 3.05) is 0 Å². The standard InChI is InChI=1S/C54H38N4.C2H6/c1-54(2)47-28-11-9-24-43(47)44-31-30-38(34-48(44)54)37-20-13-21-39(32-37)42-26-15-27-46-45-25-10-12-29-49(45)58(50(42)46)41-23-14-22-40(33-41)53-56-51(35-16-5-3-6-17-35)55-52(57-53)36-18-7-4-8-19-36;1-2/h3-34H,1-2H3;1-2H3. The fourth-order valence-electron chi connectivity index (χ4n) is 8.99. The van der Waals surface area contributed by atoms with E-state index in [2.05, 4.69) is 152 Å². The van der Waals surface area contributed by atoms with Crippen LogP contribution in [0.5, 0.6) is 0 Å². The highest BCUT2D eigenvalue weighted by atomic mass is 15.0. The molecule has 2 aromatic heterocycles. The SMILES string of the molecule is CC.CC1(C)c2ccccc2-c2ccc(-c3cccc(-c4cccc5c6ccccc6n(-c6cccc(-c7nc(-c8ccccc8)nc(-c8ccccc8)n7)c6)c45)c3)cc21. The van der Waals surface area contributed by atoms with Crippen LogP contribution in [0.15, 0.2) is 194 Å². The largest absolute Gasteiger partial charge is 0.309 e. The number of rotatable bonds is 6. The van der Waals surface area contributed by atoms with Gasteiger partial charge in [0.15, 0.2) is 17.5 Å². The summed E-state index contributed by atoms with van der Waals surface area (Å²) in [5.41, 5.74) is 16.3. The van der Waals surface area contributed by atoms with Gasteiger partial charge in [0.25, 0.3) is 0 Å². The zero-order valence-electron chi connectivity index (χ0n) is 34.3. The summed E-state index contributed by atoms with van der Waals surface area (Å²) in [6.07, 6.45) is 0. The fourth-order valence-corrected chi connectivity index (χ4v) is 8.99. The van der Waals surface area contributed by atoms with Crippen molar-refractivity contribution < 1.29 is 0 Å². The van der Waals surface area contributed by atoms with Crippen LogP contribution in [0.2, 0.25) is 0 Å². The zero-order valence-corrected chi connectivity index (χ0v) is 34.3. The summed E-state index contributed by atoms with van der Waals surface area (Å²) in [5, 5.41) is 2.41. The predicted molar refractivity (Wildman–Crippen MR) is 250 cm³/mol. The van der Waals surface area contributed by atoms with Gasteiger partial charge in [-0.1, -0.05) is 191 Å². The summed E-state index contributed by atoms with van der Waals surface area (Å²) in [5.74, 6) is 1.92. The zero-order chi connectivity index (χ0) is 40.8. The monoisotopic (exact) mass is 772 g/mol. The molecule has 0 atom stereocenters. The Balaban J connectivity index is 0.00000213. The van der Waals surface area contributed by atoms with Gasteiger partial charge in [-0.2, -0.15) is 0 Å². The van der Waals surface area contributed by atoms with Gasteiger partial charge in [0, 0.05) is 44.1 Å². The van der Waals surface area contributed by atoms with Crippen LogP contribution in [0.3, 0.4) is 0 Å². The Morgan fingerprint density at radius 2 is 0.883 bits per heavy atom. The van der Waals surface area contributed by atoms with Crippen LogP contribution in [0.1, 0.15) is 38.8 Å². The van der Waals surface area contributed by atoms with Gasteiger partial charge in [-0.15, -0.1) is 0 Å². The number of hydrogen-bond donors (Lipinski definition) is 0. The smallest absolute Gasteiger partial charge is 0.164 e. The van der Waals surface area contributed by atoms with Crippen molar-refractivity contribution in [1.82, 2.24) is 19.5 Å². The van der Waals surface area contributed by atoms with E-state index in [0.717, 1.165) is 33.4 Å². The molecular weight excluding hydrogens is 729 g/mol. The van der Waals surface area contributed by atoms with E-state index in [1.165, 1.54) is 55.3 Å². The minimum atomic E-state index is -0.0614. The Kier molecular flexibility index (Phi) is 9.26. The molecule has 1 aliphatic carbocycles. The van der Waals surface area contributed by atoms with Crippen LogP contribution in [0.25, 0.3) is 95.0 Å². The molecule has 8 aromatic carbocycles. The van der Waals surface area contributed by atoms with Crippen molar-refractivity contribution in [1.29, 1.82) is 0 Å².